The Morgan fingerprint density at radius 1 is 1.41 bits per heavy atom. The molecular weight excluding hydrogens is 210 g/mol. The van der Waals surface area contributed by atoms with Gasteiger partial charge in [-0.15, -0.1) is 0 Å². The molecule has 17 heavy (non-hydrogen) atoms. The second-order valence-electron chi connectivity index (χ2n) is 5.12. The molecule has 0 radical (unpaired) electrons. The molecule has 0 saturated carbocycles. The van der Waals surface area contributed by atoms with Gasteiger partial charge in [0.25, 0.3) is 0 Å². The lowest BCUT2D eigenvalue weighted by molar-refractivity contribution is 0.377. The minimum absolute atomic E-state index is 0.852. The molecule has 0 spiro atoms. The van der Waals surface area contributed by atoms with Crippen molar-refractivity contribution < 1.29 is 0 Å². The van der Waals surface area contributed by atoms with Crippen LogP contribution in [0.4, 0.5) is 11.5 Å². The number of aromatic nitrogens is 1. The SMILES string of the molecule is CCCC1CCN(c2cc(N)c(C)cn2)CC1. The molecule has 0 aromatic carbocycles. The van der Waals surface area contributed by atoms with Crippen molar-refractivity contribution in [2.45, 2.75) is 39.5 Å². The highest BCUT2D eigenvalue weighted by molar-refractivity contribution is 5.54. The molecule has 3 heteroatoms. The zero-order valence-electron chi connectivity index (χ0n) is 10.9. The van der Waals surface area contributed by atoms with E-state index in [0.29, 0.717) is 0 Å². The largest absolute Gasteiger partial charge is 0.398 e. The second kappa shape index (κ2) is 5.39. The fraction of sp³-hybridized carbons (Fsp3) is 0.643. The molecule has 1 fully saturated rings. The first kappa shape index (κ1) is 12.2. The van der Waals surface area contributed by atoms with Crippen molar-refractivity contribution in [1.82, 2.24) is 4.98 Å². The van der Waals surface area contributed by atoms with Gasteiger partial charge in [-0.05, 0) is 31.2 Å². The lowest BCUT2D eigenvalue weighted by Gasteiger charge is -2.32. The molecule has 1 aliphatic rings. The van der Waals surface area contributed by atoms with Crippen LogP contribution in [-0.2, 0) is 0 Å². The van der Waals surface area contributed by atoms with Gasteiger partial charge >= 0.3 is 0 Å². The van der Waals surface area contributed by atoms with Crippen LogP contribution in [0.5, 0.6) is 0 Å². The van der Waals surface area contributed by atoms with Crippen LogP contribution in [-0.4, -0.2) is 18.1 Å². The molecule has 1 aromatic heterocycles. The molecule has 2 N–H and O–H groups in total. The third-order valence-corrected chi connectivity index (χ3v) is 3.77. The summed E-state index contributed by atoms with van der Waals surface area (Å²) in [5.74, 6) is 1.96. The van der Waals surface area contributed by atoms with Gasteiger partial charge in [-0.2, -0.15) is 0 Å². The van der Waals surface area contributed by atoms with Crippen molar-refractivity contribution in [1.29, 1.82) is 0 Å². The van der Waals surface area contributed by atoms with Gasteiger partial charge in [0.05, 0.1) is 0 Å². The van der Waals surface area contributed by atoms with Crippen LogP contribution in [0.25, 0.3) is 0 Å². The molecule has 2 heterocycles. The van der Waals surface area contributed by atoms with E-state index in [-0.39, 0.29) is 0 Å². The Balaban J connectivity index is 1.98. The van der Waals surface area contributed by atoms with E-state index < -0.39 is 0 Å². The van der Waals surface area contributed by atoms with Crippen molar-refractivity contribution >= 4 is 11.5 Å². The third kappa shape index (κ3) is 2.90. The van der Waals surface area contributed by atoms with E-state index in [1.807, 2.05) is 19.2 Å². The Labute approximate surface area is 104 Å². The number of aryl methyl sites for hydroxylation is 1. The van der Waals surface area contributed by atoms with Crippen molar-refractivity contribution in [3.8, 4) is 0 Å². The summed E-state index contributed by atoms with van der Waals surface area (Å²) in [5.41, 5.74) is 7.85. The van der Waals surface area contributed by atoms with E-state index in [2.05, 4.69) is 16.8 Å². The molecule has 0 atom stereocenters. The molecule has 1 aliphatic heterocycles. The van der Waals surface area contributed by atoms with Crippen molar-refractivity contribution in [3.63, 3.8) is 0 Å². The van der Waals surface area contributed by atoms with Crippen LogP contribution in [0.3, 0.4) is 0 Å². The Morgan fingerprint density at radius 3 is 2.71 bits per heavy atom. The highest BCUT2D eigenvalue weighted by Gasteiger charge is 2.19. The maximum Gasteiger partial charge on any atom is 0.130 e. The molecule has 94 valence electrons. The van der Waals surface area contributed by atoms with Crippen LogP contribution >= 0.6 is 0 Å². The summed E-state index contributed by atoms with van der Waals surface area (Å²) in [6.07, 6.45) is 7.15. The van der Waals surface area contributed by atoms with E-state index in [1.165, 1.54) is 25.7 Å². The van der Waals surface area contributed by atoms with Gasteiger partial charge in [-0.3, -0.25) is 0 Å². The number of pyridine rings is 1. The van der Waals surface area contributed by atoms with Crippen LogP contribution in [0.2, 0.25) is 0 Å². The zero-order valence-corrected chi connectivity index (χ0v) is 10.9. The standard InChI is InChI=1S/C14H23N3/c1-3-4-12-5-7-17(8-6-12)14-9-13(15)11(2)10-16-14/h9-10,12H,3-8H2,1-2H3,(H2,15,16). The summed E-state index contributed by atoms with van der Waals surface area (Å²) in [5, 5.41) is 0. The summed E-state index contributed by atoms with van der Waals surface area (Å²) in [7, 11) is 0. The first-order valence-corrected chi connectivity index (χ1v) is 6.67. The number of nitrogens with zero attached hydrogens (tertiary/aromatic N) is 2. The molecule has 0 bridgehead atoms. The monoisotopic (exact) mass is 233 g/mol. The molecule has 3 nitrogen and oxygen atoms in total. The third-order valence-electron chi connectivity index (χ3n) is 3.77. The average Bonchev–Trinajstić information content (AvgIpc) is 2.34. The van der Waals surface area contributed by atoms with Crippen molar-refractivity contribution in [2.24, 2.45) is 5.92 Å². The number of piperidine rings is 1. The fourth-order valence-corrected chi connectivity index (χ4v) is 2.56. The number of hydrogen-bond acceptors (Lipinski definition) is 3. The Bertz CT molecular complexity index is 368. The minimum Gasteiger partial charge on any atom is -0.398 e. The Kier molecular flexibility index (Phi) is 3.87. The molecule has 0 unspecified atom stereocenters. The molecule has 0 aliphatic carbocycles. The van der Waals surface area contributed by atoms with Crippen LogP contribution in [0, 0.1) is 12.8 Å². The molecule has 1 aromatic rings. The first-order chi connectivity index (χ1) is 8.20. The van der Waals surface area contributed by atoms with Gasteiger partial charge in [-0.25, -0.2) is 4.98 Å². The van der Waals surface area contributed by atoms with Gasteiger partial charge in [0.1, 0.15) is 5.82 Å². The van der Waals surface area contributed by atoms with Crippen LogP contribution < -0.4 is 10.6 Å². The maximum absolute atomic E-state index is 5.94. The minimum atomic E-state index is 0.852. The zero-order chi connectivity index (χ0) is 12.3. The summed E-state index contributed by atoms with van der Waals surface area (Å²) in [6, 6.07) is 2.01. The Morgan fingerprint density at radius 2 is 2.12 bits per heavy atom. The molecule has 0 amide bonds. The highest BCUT2D eigenvalue weighted by Crippen LogP contribution is 2.26. The van der Waals surface area contributed by atoms with Gasteiger partial charge in [-0.1, -0.05) is 19.8 Å². The number of hydrogen-bond donors (Lipinski definition) is 1. The van der Waals surface area contributed by atoms with Gasteiger partial charge < -0.3 is 10.6 Å². The number of rotatable bonds is 3. The second-order valence-corrected chi connectivity index (χ2v) is 5.12. The Hall–Kier alpha value is -1.25. The predicted octanol–water partition coefficient (Wildman–Crippen LogP) is 2.99. The lowest BCUT2D eigenvalue weighted by atomic mass is 9.92. The molecular formula is C14H23N3. The summed E-state index contributed by atoms with van der Waals surface area (Å²) in [4.78, 5) is 6.84. The lowest BCUT2D eigenvalue weighted by Crippen LogP contribution is -2.34. The number of anilines is 2. The van der Waals surface area contributed by atoms with Crippen LogP contribution in [0.1, 0.15) is 38.2 Å². The fourth-order valence-electron chi connectivity index (χ4n) is 2.56. The maximum atomic E-state index is 5.94. The first-order valence-electron chi connectivity index (χ1n) is 6.67. The van der Waals surface area contributed by atoms with Gasteiger partial charge in [0.2, 0.25) is 0 Å². The quantitative estimate of drug-likeness (QED) is 0.872. The van der Waals surface area contributed by atoms with Crippen molar-refractivity contribution in [3.05, 3.63) is 17.8 Å². The topological polar surface area (TPSA) is 42.1 Å². The number of nitrogens with two attached hydrogens (primary N) is 1. The van der Waals surface area contributed by atoms with E-state index >= 15 is 0 Å². The van der Waals surface area contributed by atoms with E-state index in [1.54, 1.807) is 0 Å². The normalized spacial score (nSPS) is 17.4. The summed E-state index contributed by atoms with van der Waals surface area (Å²) >= 11 is 0. The summed E-state index contributed by atoms with van der Waals surface area (Å²) in [6.45, 7) is 6.52. The highest BCUT2D eigenvalue weighted by atomic mass is 15.2. The van der Waals surface area contributed by atoms with E-state index in [4.69, 9.17) is 5.73 Å². The predicted molar refractivity (Wildman–Crippen MR) is 73.2 cm³/mol. The summed E-state index contributed by atoms with van der Waals surface area (Å²) < 4.78 is 0. The molecule has 1 saturated heterocycles. The van der Waals surface area contributed by atoms with Crippen molar-refractivity contribution in [2.75, 3.05) is 23.7 Å². The van der Waals surface area contributed by atoms with E-state index in [9.17, 15) is 0 Å². The van der Waals surface area contributed by atoms with E-state index in [0.717, 1.165) is 36.1 Å². The average molecular weight is 233 g/mol. The smallest absolute Gasteiger partial charge is 0.130 e. The molecule has 2 rings (SSSR count). The van der Waals surface area contributed by atoms with Gasteiger partial charge in [0, 0.05) is 31.0 Å². The van der Waals surface area contributed by atoms with Crippen LogP contribution in [0.15, 0.2) is 12.3 Å². The van der Waals surface area contributed by atoms with Gasteiger partial charge in [0.15, 0.2) is 0 Å². The number of nitrogen functional groups attached to an aromatic ring is 1.